The first-order chi connectivity index (χ1) is 5.75. The molecule has 1 rings (SSSR count). The smallest absolute Gasteiger partial charge is 0.358 e. The highest BCUT2D eigenvalue weighted by Gasteiger charge is 2.12. The van der Waals surface area contributed by atoms with E-state index < -0.39 is 4.92 Å². The van der Waals surface area contributed by atoms with Crippen LogP contribution in [-0.2, 0) is 6.42 Å². The van der Waals surface area contributed by atoms with Crippen LogP contribution in [0, 0.1) is 10.1 Å². The molecule has 0 fully saturated rings. The van der Waals surface area contributed by atoms with Crippen molar-refractivity contribution in [3.63, 3.8) is 0 Å². The van der Waals surface area contributed by atoms with E-state index in [1.807, 2.05) is 0 Å². The highest BCUT2D eigenvalue weighted by Crippen LogP contribution is 2.14. The van der Waals surface area contributed by atoms with Crippen molar-refractivity contribution in [2.45, 2.75) is 6.42 Å². The van der Waals surface area contributed by atoms with Crippen molar-refractivity contribution < 1.29 is 4.92 Å². The molecule has 1 heterocycles. The molecular formula is C7H7BrN2O2. The number of aromatic nitrogens is 1. The zero-order valence-electron chi connectivity index (χ0n) is 6.24. The lowest BCUT2D eigenvalue weighted by Crippen LogP contribution is -1.98. The summed E-state index contributed by atoms with van der Waals surface area (Å²) in [4.78, 5) is 13.6. The maximum atomic E-state index is 10.4. The molecule has 5 heteroatoms. The van der Waals surface area contributed by atoms with Crippen LogP contribution in [-0.4, -0.2) is 15.2 Å². The zero-order valence-corrected chi connectivity index (χ0v) is 7.82. The van der Waals surface area contributed by atoms with E-state index in [1.54, 1.807) is 12.1 Å². The van der Waals surface area contributed by atoms with E-state index in [-0.39, 0.29) is 5.82 Å². The number of halogens is 1. The molecule has 12 heavy (non-hydrogen) atoms. The molecule has 1 aromatic heterocycles. The molecule has 0 aliphatic heterocycles. The van der Waals surface area contributed by atoms with Crippen LogP contribution in [0.4, 0.5) is 5.82 Å². The number of nitrogens with zero attached hydrogens (tertiary/aromatic N) is 2. The van der Waals surface area contributed by atoms with Crippen LogP contribution in [0.1, 0.15) is 5.56 Å². The van der Waals surface area contributed by atoms with Crippen molar-refractivity contribution in [1.82, 2.24) is 4.98 Å². The van der Waals surface area contributed by atoms with E-state index in [9.17, 15) is 10.1 Å². The lowest BCUT2D eigenvalue weighted by atomic mass is 10.2. The minimum absolute atomic E-state index is 0.0445. The van der Waals surface area contributed by atoms with Gasteiger partial charge in [0.25, 0.3) is 0 Å². The van der Waals surface area contributed by atoms with Crippen LogP contribution in [0.3, 0.4) is 0 Å². The van der Waals surface area contributed by atoms with Gasteiger partial charge in [0, 0.05) is 5.33 Å². The lowest BCUT2D eigenvalue weighted by molar-refractivity contribution is -0.390. The molecule has 0 N–H and O–H groups in total. The Morgan fingerprint density at radius 3 is 3.00 bits per heavy atom. The number of hydrogen-bond donors (Lipinski definition) is 0. The Morgan fingerprint density at radius 1 is 1.67 bits per heavy atom. The number of nitro groups is 1. The van der Waals surface area contributed by atoms with E-state index in [2.05, 4.69) is 20.9 Å². The first kappa shape index (κ1) is 9.12. The average molecular weight is 231 g/mol. The second-order valence-electron chi connectivity index (χ2n) is 2.18. The molecule has 0 aliphatic rings. The fourth-order valence-corrected chi connectivity index (χ4v) is 1.32. The van der Waals surface area contributed by atoms with Gasteiger partial charge in [-0.05, 0) is 28.5 Å². The van der Waals surface area contributed by atoms with E-state index in [0.29, 0.717) is 17.3 Å². The normalized spacial score (nSPS) is 9.75. The second-order valence-corrected chi connectivity index (χ2v) is 2.98. The topological polar surface area (TPSA) is 56.0 Å². The van der Waals surface area contributed by atoms with Crippen LogP contribution in [0.5, 0.6) is 0 Å². The summed E-state index contributed by atoms with van der Waals surface area (Å²) in [7, 11) is 0. The number of pyridine rings is 1. The maximum absolute atomic E-state index is 10.4. The highest BCUT2D eigenvalue weighted by molar-refractivity contribution is 9.09. The lowest BCUT2D eigenvalue weighted by Gasteiger charge is -1.97. The Morgan fingerprint density at radius 2 is 2.42 bits per heavy atom. The summed E-state index contributed by atoms with van der Waals surface area (Å²) in [6, 6.07) is 3.41. The monoisotopic (exact) mass is 230 g/mol. The van der Waals surface area contributed by atoms with Crippen LogP contribution >= 0.6 is 15.9 Å². The highest BCUT2D eigenvalue weighted by atomic mass is 79.9. The van der Waals surface area contributed by atoms with Gasteiger partial charge in [-0.15, -0.1) is 0 Å². The molecule has 0 spiro atoms. The van der Waals surface area contributed by atoms with Gasteiger partial charge in [-0.2, -0.15) is 0 Å². The Hall–Kier alpha value is -0.970. The molecular weight excluding hydrogens is 224 g/mol. The summed E-state index contributed by atoms with van der Waals surface area (Å²) in [5.74, 6) is -0.0445. The largest absolute Gasteiger partial charge is 0.366 e. The van der Waals surface area contributed by atoms with Crippen molar-refractivity contribution in [3.8, 4) is 0 Å². The van der Waals surface area contributed by atoms with Gasteiger partial charge in [0.1, 0.15) is 6.20 Å². The van der Waals surface area contributed by atoms with Crippen molar-refractivity contribution >= 4 is 21.7 Å². The third-order valence-corrected chi connectivity index (χ3v) is 1.80. The van der Waals surface area contributed by atoms with Gasteiger partial charge < -0.3 is 10.1 Å². The third-order valence-electron chi connectivity index (χ3n) is 1.40. The molecule has 0 radical (unpaired) electrons. The third kappa shape index (κ3) is 2.01. The quantitative estimate of drug-likeness (QED) is 0.453. The summed E-state index contributed by atoms with van der Waals surface area (Å²) in [6.07, 6.45) is 2.06. The Balaban J connectivity index is 3.00. The fourth-order valence-electron chi connectivity index (χ4n) is 0.892. The van der Waals surface area contributed by atoms with Gasteiger partial charge in [-0.3, -0.25) is 0 Å². The molecule has 0 atom stereocenters. The van der Waals surface area contributed by atoms with Crippen molar-refractivity contribution in [2.24, 2.45) is 0 Å². The molecule has 64 valence electrons. The minimum atomic E-state index is -0.460. The summed E-state index contributed by atoms with van der Waals surface area (Å²) in [6.45, 7) is 0. The number of alkyl halides is 1. The van der Waals surface area contributed by atoms with Gasteiger partial charge in [0.05, 0.1) is 5.56 Å². The zero-order chi connectivity index (χ0) is 8.97. The standard InChI is InChI=1S/C7H7BrN2O2/c8-4-3-6-2-1-5-9-7(6)10(11)12/h1-2,5H,3-4H2. The Labute approximate surface area is 77.9 Å². The van der Waals surface area contributed by atoms with Crippen LogP contribution in [0.25, 0.3) is 0 Å². The van der Waals surface area contributed by atoms with Gasteiger partial charge in [-0.25, -0.2) is 0 Å². The van der Waals surface area contributed by atoms with Gasteiger partial charge in [0.2, 0.25) is 0 Å². The van der Waals surface area contributed by atoms with Crippen LogP contribution in [0.15, 0.2) is 18.3 Å². The second kappa shape index (κ2) is 4.15. The van der Waals surface area contributed by atoms with Crippen molar-refractivity contribution in [3.05, 3.63) is 34.0 Å². The first-order valence-corrected chi connectivity index (χ1v) is 4.52. The molecule has 0 aliphatic carbocycles. The number of rotatable bonds is 3. The molecule has 0 saturated carbocycles. The number of aryl methyl sites for hydroxylation is 1. The Kier molecular flexibility index (Phi) is 3.16. The van der Waals surface area contributed by atoms with E-state index in [0.717, 1.165) is 0 Å². The van der Waals surface area contributed by atoms with E-state index in [4.69, 9.17) is 0 Å². The maximum Gasteiger partial charge on any atom is 0.366 e. The average Bonchev–Trinajstić information content (AvgIpc) is 2.05. The van der Waals surface area contributed by atoms with Crippen LogP contribution in [0.2, 0.25) is 0 Å². The van der Waals surface area contributed by atoms with Crippen molar-refractivity contribution in [2.75, 3.05) is 5.33 Å². The van der Waals surface area contributed by atoms with Gasteiger partial charge >= 0.3 is 5.82 Å². The molecule has 1 aromatic rings. The SMILES string of the molecule is O=[N+]([O-])c1ncccc1CCBr. The van der Waals surface area contributed by atoms with Gasteiger partial charge in [-0.1, -0.05) is 15.9 Å². The Bertz CT molecular complexity index is 290. The van der Waals surface area contributed by atoms with Gasteiger partial charge in [0.15, 0.2) is 0 Å². The molecule has 0 amide bonds. The summed E-state index contributed by atoms with van der Waals surface area (Å²) in [5, 5.41) is 11.1. The number of hydrogen-bond acceptors (Lipinski definition) is 3. The predicted octanol–water partition coefficient (Wildman–Crippen LogP) is 1.93. The van der Waals surface area contributed by atoms with E-state index >= 15 is 0 Å². The molecule has 0 saturated heterocycles. The fraction of sp³-hybridized carbons (Fsp3) is 0.286. The summed E-state index contributed by atoms with van der Waals surface area (Å²) < 4.78 is 0. The molecule has 4 nitrogen and oxygen atoms in total. The first-order valence-electron chi connectivity index (χ1n) is 3.40. The minimum Gasteiger partial charge on any atom is -0.358 e. The molecule has 0 bridgehead atoms. The van der Waals surface area contributed by atoms with Crippen molar-refractivity contribution in [1.29, 1.82) is 0 Å². The molecule has 0 aromatic carbocycles. The summed E-state index contributed by atoms with van der Waals surface area (Å²) in [5.41, 5.74) is 0.666. The molecule has 0 unspecified atom stereocenters. The van der Waals surface area contributed by atoms with E-state index in [1.165, 1.54) is 6.20 Å². The van der Waals surface area contributed by atoms with Crippen LogP contribution < -0.4 is 0 Å². The summed E-state index contributed by atoms with van der Waals surface area (Å²) >= 11 is 3.22. The predicted molar refractivity (Wildman–Crippen MR) is 48.4 cm³/mol.